The van der Waals surface area contributed by atoms with Crippen molar-refractivity contribution in [3.05, 3.63) is 62.4 Å². The summed E-state index contributed by atoms with van der Waals surface area (Å²) < 4.78 is 0.156. The van der Waals surface area contributed by atoms with Gasteiger partial charge in [0.15, 0.2) is 0 Å². The summed E-state index contributed by atoms with van der Waals surface area (Å²) in [5, 5.41) is 24.2. The predicted octanol–water partition coefficient (Wildman–Crippen LogP) is 2.22. The Morgan fingerprint density at radius 2 is 2.09 bits per heavy atom. The molecule has 0 saturated heterocycles. The summed E-state index contributed by atoms with van der Waals surface area (Å²) in [4.78, 5) is 25.7. The standard InChI is InChI=1S/C13H9BrN4O4/c14-11-6-10(18(21)22)5-9(12(11)19)7-16-17-13(20)8-1-3-15-4-2-8/h1-7,19H,(H,17,20)/b16-7+. The predicted molar refractivity (Wildman–Crippen MR) is 81.8 cm³/mol. The maximum Gasteiger partial charge on any atom is 0.271 e. The molecule has 0 bridgehead atoms. The first kappa shape index (κ1) is 15.6. The van der Waals surface area contributed by atoms with Crippen LogP contribution < -0.4 is 5.43 Å². The van der Waals surface area contributed by atoms with E-state index in [2.05, 4.69) is 31.4 Å². The monoisotopic (exact) mass is 364 g/mol. The fourth-order valence-electron chi connectivity index (χ4n) is 1.54. The van der Waals surface area contributed by atoms with Crippen molar-refractivity contribution in [3.63, 3.8) is 0 Å². The highest BCUT2D eigenvalue weighted by Crippen LogP contribution is 2.31. The lowest BCUT2D eigenvalue weighted by atomic mass is 10.2. The van der Waals surface area contributed by atoms with Gasteiger partial charge in [0.05, 0.1) is 15.6 Å². The molecule has 2 aromatic rings. The van der Waals surface area contributed by atoms with Gasteiger partial charge >= 0.3 is 0 Å². The van der Waals surface area contributed by atoms with Crippen molar-refractivity contribution in [3.8, 4) is 5.75 Å². The maximum atomic E-state index is 11.7. The smallest absolute Gasteiger partial charge is 0.271 e. The number of carbonyl (C=O) groups excluding carboxylic acids is 1. The number of nitrogens with zero attached hydrogens (tertiary/aromatic N) is 3. The zero-order valence-corrected chi connectivity index (χ0v) is 12.5. The van der Waals surface area contributed by atoms with Gasteiger partial charge in [-0.15, -0.1) is 0 Å². The number of phenols is 1. The number of aromatic hydroxyl groups is 1. The van der Waals surface area contributed by atoms with Crippen LogP contribution in [-0.4, -0.2) is 27.1 Å². The van der Waals surface area contributed by atoms with Crippen LogP contribution in [0.15, 0.2) is 46.2 Å². The Bertz CT molecular complexity index is 749. The zero-order valence-electron chi connectivity index (χ0n) is 10.9. The average molecular weight is 365 g/mol. The quantitative estimate of drug-likeness (QED) is 0.489. The second kappa shape index (κ2) is 6.76. The van der Waals surface area contributed by atoms with E-state index in [1.165, 1.54) is 30.6 Å². The number of amides is 1. The number of hydrogen-bond acceptors (Lipinski definition) is 6. The number of rotatable bonds is 4. The molecule has 0 aliphatic rings. The number of nitrogens with one attached hydrogen (secondary N) is 1. The summed E-state index contributed by atoms with van der Waals surface area (Å²) in [6.45, 7) is 0. The van der Waals surface area contributed by atoms with E-state index < -0.39 is 10.8 Å². The molecule has 1 amide bonds. The molecule has 2 N–H and O–H groups in total. The van der Waals surface area contributed by atoms with Crippen LogP contribution in [0.3, 0.4) is 0 Å². The molecule has 8 nitrogen and oxygen atoms in total. The Kier molecular flexibility index (Phi) is 4.79. The Morgan fingerprint density at radius 1 is 1.41 bits per heavy atom. The van der Waals surface area contributed by atoms with Crippen LogP contribution in [0.1, 0.15) is 15.9 Å². The number of hydrazone groups is 1. The van der Waals surface area contributed by atoms with E-state index in [4.69, 9.17) is 0 Å². The number of non-ortho nitro benzene ring substituents is 1. The molecule has 112 valence electrons. The Morgan fingerprint density at radius 3 is 2.73 bits per heavy atom. The molecule has 0 saturated carbocycles. The van der Waals surface area contributed by atoms with E-state index in [1.54, 1.807) is 0 Å². The Balaban J connectivity index is 2.17. The molecule has 0 unspecified atom stereocenters. The number of hydrogen-bond donors (Lipinski definition) is 2. The second-order valence-electron chi connectivity index (χ2n) is 4.06. The van der Waals surface area contributed by atoms with Gasteiger partial charge in [-0.3, -0.25) is 19.9 Å². The first-order chi connectivity index (χ1) is 10.5. The SMILES string of the molecule is O=C(N/N=C/c1cc([N+](=O)[O-])cc(Br)c1O)c1ccncc1. The molecular formula is C13H9BrN4O4. The van der Waals surface area contributed by atoms with Crippen molar-refractivity contribution in [2.24, 2.45) is 5.10 Å². The molecule has 0 radical (unpaired) electrons. The minimum atomic E-state index is -0.600. The lowest BCUT2D eigenvalue weighted by Crippen LogP contribution is -2.17. The van der Waals surface area contributed by atoms with Gasteiger partial charge in [0.25, 0.3) is 11.6 Å². The highest BCUT2D eigenvalue weighted by atomic mass is 79.9. The molecule has 1 heterocycles. The van der Waals surface area contributed by atoms with Crippen molar-refractivity contribution in [1.29, 1.82) is 0 Å². The minimum absolute atomic E-state index is 0.0936. The molecular weight excluding hydrogens is 356 g/mol. The number of nitro benzene ring substituents is 1. The second-order valence-corrected chi connectivity index (χ2v) is 4.91. The van der Waals surface area contributed by atoms with Gasteiger partial charge < -0.3 is 5.11 Å². The number of carbonyl (C=O) groups is 1. The van der Waals surface area contributed by atoms with Crippen molar-refractivity contribution >= 4 is 33.7 Å². The Hall–Kier alpha value is -2.81. The number of halogens is 1. The minimum Gasteiger partial charge on any atom is -0.506 e. The average Bonchev–Trinajstić information content (AvgIpc) is 2.51. The van der Waals surface area contributed by atoms with Crippen LogP contribution in [0.5, 0.6) is 5.75 Å². The first-order valence-electron chi connectivity index (χ1n) is 5.89. The molecule has 9 heteroatoms. The van der Waals surface area contributed by atoms with Crippen LogP contribution in [-0.2, 0) is 0 Å². The van der Waals surface area contributed by atoms with E-state index in [0.717, 1.165) is 12.3 Å². The van der Waals surface area contributed by atoms with Crippen LogP contribution in [0.4, 0.5) is 5.69 Å². The van der Waals surface area contributed by atoms with Gasteiger partial charge in [-0.1, -0.05) is 0 Å². The summed E-state index contributed by atoms with van der Waals surface area (Å²) in [5.74, 6) is -0.685. The zero-order chi connectivity index (χ0) is 16.1. The van der Waals surface area contributed by atoms with Crippen LogP contribution in [0, 0.1) is 10.1 Å². The summed E-state index contributed by atoms with van der Waals surface area (Å²) in [6, 6.07) is 5.32. The van der Waals surface area contributed by atoms with E-state index >= 15 is 0 Å². The van der Waals surface area contributed by atoms with Crippen LogP contribution in [0.2, 0.25) is 0 Å². The van der Waals surface area contributed by atoms with Crippen molar-refractivity contribution in [2.45, 2.75) is 0 Å². The fraction of sp³-hybridized carbons (Fsp3) is 0. The summed E-state index contributed by atoms with van der Waals surface area (Å²) in [6.07, 6.45) is 4.04. The molecule has 0 atom stereocenters. The summed E-state index contributed by atoms with van der Waals surface area (Å²) >= 11 is 3.01. The van der Waals surface area contributed by atoms with Gasteiger partial charge in [-0.2, -0.15) is 5.10 Å². The van der Waals surface area contributed by atoms with Gasteiger partial charge in [-0.05, 0) is 28.1 Å². The molecule has 22 heavy (non-hydrogen) atoms. The number of benzene rings is 1. The summed E-state index contributed by atoms with van der Waals surface area (Å²) in [5.41, 5.74) is 2.48. The maximum absolute atomic E-state index is 11.7. The van der Waals surface area contributed by atoms with Crippen molar-refractivity contribution in [1.82, 2.24) is 10.4 Å². The molecule has 1 aromatic heterocycles. The normalized spacial score (nSPS) is 10.6. The third-order valence-electron chi connectivity index (χ3n) is 2.60. The van der Waals surface area contributed by atoms with E-state index in [-0.39, 0.29) is 21.5 Å². The van der Waals surface area contributed by atoms with Crippen molar-refractivity contribution < 1.29 is 14.8 Å². The van der Waals surface area contributed by atoms with E-state index in [1.807, 2.05) is 0 Å². The molecule has 0 aliphatic carbocycles. The molecule has 0 spiro atoms. The number of phenolic OH excluding ortho intramolecular Hbond substituents is 1. The highest BCUT2D eigenvalue weighted by molar-refractivity contribution is 9.10. The molecule has 0 aliphatic heterocycles. The molecule has 2 rings (SSSR count). The van der Waals surface area contributed by atoms with Gasteiger partial charge in [-0.25, -0.2) is 5.43 Å². The lowest BCUT2D eigenvalue weighted by Gasteiger charge is -2.02. The number of nitro groups is 1. The number of pyridine rings is 1. The highest BCUT2D eigenvalue weighted by Gasteiger charge is 2.13. The largest absolute Gasteiger partial charge is 0.506 e. The Labute approximate surface area is 132 Å². The summed E-state index contributed by atoms with van der Waals surface area (Å²) in [7, 11) is 0. The number of aromatic nitrogens is 1. The fourth-order valence-corrected chi connectivity index (χ4v) is 2.00. The van der Waals surface area contributed by atoms with E-state index in [0.29, 0.717) is 5.56 Å². The first-order valence-corrected chi connectivity index (χ1v) is 6.68. The van der Waals surface area contributed by atoms with Crippen LogP contribution in [0.25, 0.3) is 0 Å². The van der Waals surface area contributed by atoms with Gasteiger partial charge in [0.1, 0.15) is 5.75 Å². The topological polar surface area (TPSA) is 118 Å². The van der Waals surface area contributed by atoms with Crippen molar-refractivity contribution in [2.75, 3.05) is 0 Å². The molecule has 0 fully saturated rings. The van der Waals surface area contributed by atoms with E-state index in [9.17, 15) is 20.0 Å². The van der Waals surface area contributed by atoms with Gasteiger partial charge in [0, 0.05) is 35.7 Å². The molecule has 1 aromatic carbocycles. The third kappa shape index (κ3) is 3.64. The lowest BCUT2D eigenvalue weighted by molar-refractivity contribution is -0.385. The van der Waals surface area contributed by atoms with Crippen LogP contribution >= 0.6 is 15.9 Å². The third-order valence-corrected chi connectivity index (χ3v) is 3.21. The van der Waals surface area contributed by atoms with Gasteiger partial charge in [0.2, 0.25) is 0 Å².